The molecule has 2 aromatic carbocycles. The fourth-order valence-electron chi connectivity index (χ4n) is 2.95. The van der Waals surface area contributed by atoms with Gasteiger partial charge >= 0.3 is 0 Å². The first-order chi connectivity index (χ1) is 15.9. The molecular formula is C26H16Ac2N8-2. The van der Waals surface area contributed by atoms with Crippen LogP contribution in [0.25, 0.3) is 27.5 Å². The minimum Gasteiger partial charge on any atom is -0.699 e. The second-order valence-corrected chi connectivity index (χ2v) is 6.40. The smallest absolute Gasteiger partial charge is 0.270 e. The van der Waals surface area contributed by atoms with Crippen LogP contribution >= 0.6 is 0 Å². The number of nitriles is 5. The summed E-state index contributed by atoms with van der Waals surface area (Å²) in [6, 6.07) is 20.9. The van der Waals surface area contributed by atoms with E-state index in [-0.39, 0.29) is 129 Å². The van der Waals surface area contributed by atoms with Gasteiger partial charge in [-0.15, -0.1) is 11.4 Å². The van der Waals surface area contributed by atoms with Gasteiger partial charge in [0.2, 0.25) is 0 Å². The van der Waals surface area contributed by atoms with Gasteiger partial charge in [0.15, 0.2) is 5.92 Å². The van der Waals surface area contributed by atoms with Crippen molar-refractivity contribution in [2.75, 3.05) is 0 Å². The van der Waals surface area contributed by atoms with Crippen molar-refractivity contribution < 1.29 is 88.1 Å². The Hall–Kier alpha value is -2.92. The molecule has 0 unspecified atom stereocenters. The van der Waals surface area contributed by atoms with Crippen LogP contribution < -0.4 is 0 Å². The van der Waals surface area contributed by atoms with E-state index in [0.717, 1.165) is 6.08 Å². The van der Waals surface area contributed by atoms with Crippen molar-refractivity contribution in [3.05, 3.63) is 105 Å². The summed E-state index contributed by atoms with van der Waals surface area (Å²) in [5.74, 6) is -1.35. The molecule has 0 aliphatic rings. The largest absolute Gasteiger partial charge is 0.699 e. The van der Waals surface area contributed by atoms with Crippen molar-refractivity contribution >= 4 is 22.5 Å². The van der Waals surface area contributed by atoms with E-state index in [1.807, 2.05) is 24.3 Å². The molecule has 0 saturated carbocycles. The van der Waals surface area contributed by atoms with Crippen LogP contribution in [0.5, 0.6) is 0 Å². The van der Waals surface area contributed by atoms with E-state index < -0.39 is 11.6 Å². The molecule has 0 bridgehead atoms. The molecule has 0 aliphatic heterocycles. The van der Waals surface area contributed by atoms with Crippen LogP contribution in [-0.4, -0.2) is 0 Å². The molecule has 0 amide bonds. The third-order valence-electron chi connectivity index (χ3n) is 4.46. The molecule has 2 N–H and O–H groups in total. The van der Waals surface area contributed by atoms with E-state index in [1.54, 1.807) is 6.07 Å². The van der Waals surface area contributed by atoms with E-state index in [4.69, 9.17) is 18.0 Å². The molecule has 2 aromatic rings. The number of rotatable bonds is 5. The molecular weight excluding hydrogens is 878 g/mol. The third-order valence-corrected chi connectivity index (χ3v) is 4.46. The molecule has 0 spiro atoms. The molecule has 0 aromatic heterocycles. The van der Waals surface area contributed by atoms with Gasteiger partial charge in [-0.3, -0.25) is 0 Å². The predicted molar refractivity (Wildman–Crippen MR) is 128 cm³/mol. The summed E-state index contributed by atoms with van der Waals surface area (Å²) in [7, 11) is 0. The summed E-state index contributed by atoms with van der Waals surface area (Å²) >= 11 is 0. The van der Waals surface area contributed by atoms with Crippen molar-refractivity contribution in [3.8, 4) is 30.3 Å². The summed E-state index contributed by atoms with van der Waals surface area (Å²) in [6.45, 7) is 7.33. The quantitative estimate of drug-likeness (QED) is 0.180. The first kappa shape index (κ1) is 35.2. The fourth-order valence-corrected chi connectivity index (χ4v) is 2.95. The molecule has 0 atom stereocenters. The zero-order valence-corrected chi connectivity index (χ0v) is 27.6. The Labute approximate surface area is 282 Å². The number of allylic oxidation sites excluding steroid dienone is 6. The molecule has 168 valence electrons. The second-order valence-electron chi connectivity index (χ2n) is 6.40. The third kappa shape index (κ3) is 8.63. The molecule has 0 fully saturated rings. The van der Waals surface area contributed by atoms with Crippen molar-refractivity contribution in [3.63, 3.8) is 0 Å². The van der Waals surface area contributed by atoms with E-state index in [9.17, 15) is 26.3 Å². The van der Waals surface area contributed by atoms with Crippen molar-refractivity contribution in [2.24, 2.45) is 5.92 Å². The average Bonchev–Trinajstić information content (AvgIpc) is 2.84. The van der Waals surface area contributed by atoms with E-state index in [2.05, 4.69) is 4.85 Å². The van der Waals surface area contributed by atoms with Gasteiger partial charge in [0.1, 0.15) is 0 Å². The number of hydrogen-bond donors (Lipinski definition) is 0. The summed E-state index contributed by atoms with van der Waals surface area (Å²) in [6.07, 6.45) is 1.14. The van der Waals surface area contributed by atoms with Gasteiger partial charge in [0, 0.05) is 99.3 Å². The molecule has 0 aliphatic carbocycles. The summed E-state index contributed by atoms with van der Waals surface area (Å²) in [4.78, 5) is 3.19. The first-order valence-corrected chi connectivity index (χ1v) is 9.15. The molecule has 0 heterocycles. The van der Waals surface area contributed by atoms with Crippen molar-refractivity contribution in [1.82, 2.24) is 0 Å². The van der Waals surface area contributed by atoms with Crippen LogP contribution in [0, 0.1) is 157 Å². The molecule has 8 nitrogen and oxygen atoms in total. The monoisotopic (exact) mass is 894 g/mol. The maximum Gasteiger partial charge on any atom is 0.270 e. The van der Waals surface area contributed by atoms with Crippen LogP contribution in [0.3, 0.4) is 0 Å². The summed E-state index contributed by atoms with van der Waals surface area (Å²) in [5.41, 5.74) is 15.6. The van der Waals surface area contributed by atoms with Gasteiger partial charge in [-0.1, -0.05) is 56.0 Å². The first-order valence-electron chi connectivity index (χ1n) is 9.15. The maximum atomic E-state index is 9.85. The number of nitrogens with one attached hydrogen (secondary N) is 2. The molecule has 36 heavy (non-hydrogen) atoms. The predicted octanol–water partition coefficient (Wildman–Crippen LogP) is 6.93. The molecule has 10 heteroatoms. The Morgan fingerprint density at radius 3 is 1.61 bits per heavy atom. The second kappa shape index (κ2) is 17.5. The Morgan fingerprint density at radius 2 is 1.25 bits per heavy atom. The van der Waals surface area contributed by atoms with Gasteiger partial charge in [-0.25, -0.2) is 10.1 Å². The minimum atomic E-state index is -1.35. The summed E-state index contributed by atoms with van der Waals surface area (Å²) < 4.78 is 0. The van der Waals surface area contributed by atoms with Crippen molar-refractivity contribution in [2.45, 2.75) is 7.43 Å². The van der Waals surface area contributed by atoms with Crippen LogP contribution in [0.2, 0.25) is 0 Å². The molecule has 2 rings (SSSR count). The number of hydrogen-bond acceptors (Lipinski definition) is 5. The van der Waals surface area contributed by atoms with Gasteiger partial charge in [0.05, 0.1) is 48.1 Å². The van der Waals surface area contributed by atoms with Gasteiger partial charge in [-0.2, -0.15) is 21.0 Å². The van der Waals surface area contributed by atoms with Gasteiger partial charge in [0.25, 0.3) is 5.70 Å². The Kier molecular flexibility index (Phi) is 17.1. The topological polar surface area (TPSA) is 171 Å². The van der Waals surface area contributed by atoms with E-state index >= 15 is 0 Å². The molecule has 0 saturated heterocycles. The zero-order chi connectivity index (χ0) is 24.4. The van der Waals surface area contributed by atoms with Crippen LogP contribution in [0.4, 0.5) is 11.4 Å². The van der Waals surface area contributed by atoms with Crippen LogP contribution in [0.15, 0.2) is 71.5 Å². The van der Waals surface area contributed by atoms with Crippen molar-refractivity contribution in [1.29, 1.82) is 26.3 Å². The van der Waals surface area contributed by atoms with Crippen LogP contribution in [-0.2, 0) is 0 Å². The summed E-state index contributed by atoms with van der Waals surface area (Å²) in [5, 5.41) is 48.1. The van der Waals surface area contributed by atoms with Crippen LogP contribution in [0.1, 0.15) is 18.6 Å². The standard InChI is InChI=1S/C25H12N8.CH4.2Ac/c1-33-23(15-30)25(17-4-8-22(32)9-5-17)19(12-27)10-18(11-26)24(20(13-28)14-29)16-2-6-21(31)7-3-16;;;/h2-10,20,31-32H;1H4;;/q-2;;;/b19-10+,24-18-,25-23+;;;. The SMILES string of the molecule is C.[Ac].[Ac].[C-]#[N+]/C(C#N)=C(/C(C#N)=C/C(C#N)=C(\c1ccc([NH-])cc1)C(C#N)C#N)c1ccc([NH-])cc1. The molecule has 2 radical (unpaired) electrons. The fraction of sp³-hybridized carbons (Fsp3) is 0.0769. The van der Waals surface area contributed by atoms with E-state index in [0.29, 0.717) is 11.1 Å². The van der Waals surface area contributed by atoms with E-state index in [1.165, 1.54) is 48.5 Å². The Balaban J connectivity index is 0. The number of nitrogens with zero attached hydrogens (tertiary/aromatic N) is 6. The Morgan fingerprint density at radius 1 is 0.778 bits per heavy atom. The zero-order valence-electron chi connectivity index (χ0n) is 18.1. The minimum absolute atomic E-state index is 0. The average molecular weight is 894 g/mol. The maximum absolute atomic E-state index is 9.85. The normalized spacial score (nSPS) is 10.9. The number of benzene rings is 2. The Bertz CT molecular complexity index is 1400. The van der Waals surface area contributed by atoms with Gasteiger partial charge < -0.3 is 11.5 Å². The van der Waals surface area contributed by atoms with Gasteiger partial charge in [-0.05, 0) is 17.2 Å².